The highest BCUT2D eigenvalue weighted by Gasteiger charge is 2.30. The Morgan fingerprint density at radius 1 is 1.11 bits per heavy atom. The van der Waals surface area contributed by atoms with Crippen molar-refractivity contribution in [2.75, 3.05) is 50.8 Å². The van der Waals surface area contributed by atoms with Gasteiger partial charge in [-0.1, -0.05) is 30.3 Å². The Bertz CT molecular complexity index is 854. The molecule has 2 aromatic rings. The molecule has 152 valence electrons. The average molecular weight is 408 g/mol. The summed E-state index contributed by atoms with van der Waals surface area (Å²) in [6.07, 6.45) is -0.823. The van der Waals surface area contributed by atoms with Gasteiger partial charge in [0.25, 0.3) is 10.0 Å². The number of methoxy groups -OCH3 is 1. The molecule has 0 aliphatic carbocycles. The minimum absolute atomic E-state index is 0.0536. The number of quaternary nitrogens is 1. The lowest BCUT2D eigenvalue weighted by molar-refractivity contribution is -0.910. The van der Waals surface area contributed by atoms with Crippen LogP contribution in [0.15, 0.2) is 59.5 Å². The number of hydrogen-bond acceptors (Lipinski definition) is 5. The molecule has 8 heteroatoms. The molecule has 2 N–H and O–H groups in total. The number of rotatable bonds is 8. The normalized spacial score (nSPS) is 16.5. The maximum atomic E-state index is 13.4. The molecule has 0 amide bonds. The van der Waals surface area contributed by atoms with Gasteiger partial charge < -0.3 is 19.5 Å². The molecule has 1 aliphatic heterocycles. The topological polar surface area (TPSA) is 80.5 Å². The minimum atomic E-state index is -3.86. The summed E-state index contributed by atoms with van der Waals surface area (Å²) in [5, 5.41) is 10.7. The van der Waals surface area contributed by atoms with Crippen molar-refractivity contribution in [1.29, 1.82) is 0 Å². The summed E-state index contributed by atoms with van der Waals surface area (Å²) in [6, 6.07) is 15.2. The van der Waals surface area contributed by atoms with Crippen molar-refractivity contribution in [2.45, 2.75) is 11.0 Å². The fraction of sp³-hybridized carbons (Fsp3) is 0.400. The highest BCUT2D eigenvalue weighted by Crippen LogP contribution is 2.32. The number of nitrogens with zero attached hydrogens (tertiary/aromatic N) is 1. The van der Waals surface area contributed by atoms with E-state index >= 15 is 0 Å². The second-order valence-corrected chi connectivity index (χ2v) is 8.60. The largest absolute Gasteiger partial charge is 0.495 e. The van der Waals surface area contributed by atoms with E-state index < -0.39 is 16.1 Å². The smallest absolute Gasteiger partial charge is 0.264 e. The van der Waals surface area contributed by atoms with Crippen molar-refractivity contribution in [1.82, 2.24) is 0 Å². The van der Waals surface area contributed by atoms with Gasteiger partial charge in [-0.25, -0.2) is 8.42 Å². The summed E-state index contributed by atoms with van der Waals surface area (Å²) < 4.78 is 38.7. The number of aliphatic hydroxyl groups excluding tert-OH is 1. The van der Waals surface area contributed by atoms with Gasteiger partial charge in [0.1, 0.15) is 31.5 Å². The second kappa shape index (κ2) is 9.38. The predicted molar refractivity (Wildman–Crippen MR) is 106 cm³/mol. The summed E-state index contributed by atoms with van der Waals surface area (Å²) >= 11 is 0. The third-order valence-electron chi connectivity index (χ3n) is 4.79. The van der Waals surface area contributed by atoms with E-state index in [0.29, 0.717) is 31.2 Å². The average Bonchev–Trinajstić information content (AvgIpc) is 2.73. The number of aliphatic hydroxyl groups is 1. The van der Waals surface area contributed by atoms with Crippen LogP contribution in [-0.4, -0.2) is 66.1 Å². The molecule has 1 heterocycles. The number of nitrogens with one attached hydrogen (secondary N) is 1. The van der Waals surface area contributed by atoms with E-state index in [2.05, 4.69) is 0 Å². The first kappa shape index (κ1) is 20.6. The Kier molecular flexibility index (Phi) is 6.90. The zero-order valence-electron chi connectivity index (χ0n) is 16.0. The highest BCUT2D eigenvalue weighted by atomic mass is 32.2. The van der Waals surface area contributed by atoms with Crippen molar-refractivity contribution in [3.63, 3.8) is 0 Å². The maximum Gasteiger partial charge on any atom is 0.264 e. The molecule has 1 aliphatic rings. The van der Waals surface area contributed by atoms with E-state index in [0.717, 1.165) is 13.1 Å². The number of anilines is 1. The molecule has 2 aromatic carbocycles. The van der Waals surface area contributed by atoms with Gasteiger partial charge in [-0.2, -0.15) is 0 Å². The molecule has 0 spiro atoms. The van der Waals surface area contributed by atoms with Crippen molar-refractivity contribution >= 4 is 15.7 Å². The van der Waals surface area contributed by atoms with Crippen LogP contribution in [0.5, 0.6) is 5.75 Å². The number of ether oxygens (including phenoxy) is 2. The van der Waals surface area contributed by atoms with Crippen molar-refractivity contribution in [2.24, 2.45) is 0 Å². The molecule has 7 nitrogen and oxygen atoms in total. The minimum Gasteiger partial charge on any atom is -0.495 e. The molecule has 0 unspecified atom stereocenters. The van der Waals surface area contributed by atoms with Crippen LogP contribution in [0.2, 0.25) is 0 Å². The molecule has 3 rings (SSSR count). The van der Waals surface area contributed by atoms with Gasteiger partial charge in [0.2, 0.25) is 0 Å². The third kappa shape index (κ3) is 4.82. The van der Waals surface area contributed by atoms with E-state index in [1.165, 1.54) is 16.3 Å². The van der Waals surface area contributed by atoms with Gasteiger partial charge in [-0.15, -0.1) is 0 Å². The number of hydrogen-bond donors (Lipinski definition) is 2. The molecule has 1 fully saturated rings. The molecule has 0 aromatic heterocycles. The second-order valence-electron chi connectivity index (χ2n) is 6.74. The van der Waals surface area contributed by atoms with E-state index in [9.17, 15) is 13.5 Å². The summed E-state index contributed by atoms with van der Waals surface area (Å²) in [5.74, 6) is 0.438. The Labute approximate surface area is 166 Å². The first-order valence-corrected chi connectivity index (χ1v) is 10.8. The molecule has 0 radical (unpaired) electrons. The first-order chi connectivity index (χ1) is 13.5. The Morgan fingerprint density at radius 3 is 2.43 bits per heavy atom. The lowest BCUT2D eigenvalue weighted by Crippen LogP contribution is -3.15. The zero-order chi connectivity index (χ0) is 20.0. The predicted octanol–water partition coefficient (Wildman–Crippen LogP) is 0.167. The van der Waals surface area contributed by atoms with Crippen LogP contribution in [0.3, 0.4) is 0 Å². The third-order valence-corrected chi connectivity index (χ3v) is 6.58. The van der Waals surface area contributed by atoms with Crippen LogP contribution in [0.4, 0.5) is 5.69 Å². The lowest BCUT2D eigenvalue weighted by atomic mass is 10.2. The van der Waals surface area contributed by atoms with Crippen LogP contribution in [0.1, 0.15) is 0 Å². The van der Waals surface area contributed by atoms with Crippen molar-refractivity contribution in [3.05, 3.63) is 54.6 Å². The Balaban J connectivity index is 1.90. The van der Waals surface area contributed by atoms with Gasteiger partial charge >= 0.3 is 0 Å². The van der Waals surface area contributed by atoms with Crippen molar-refractivity contribution in [3.8, 4) is 5.75 Å². The van der Waals surface area contributed by atoms with E-state index in [-0.39, 0.29) is 11.4 Å². The summed E-state index contributed by atoms with van der Waals surface area (Å²) in [6.45, 7) is 3.32. The molecule has 1 atom stereocenters. The number of benzene rings is 2. The van der Waals surface area contributed by atoms with E-state index in [4.69, 9.17) is 9.47 Å². The van der Waals surface area contributed by atoms with Gasteiger partial charge in [-0.05, 0) is 24.3 Å². The number of morpholine rings is 1. The molecular formula is C20H27N2O5S+. The number of sulfonamides is 1. The zero-order valence-corrected chi connectivity index (χ0v) is 16.8. The molecule has 1 saturated heterocycles. The molecule has 0 bridgehead atoms. The fourth-order valence-electron chi connectivity index (χ4n) is 3.33. The Hall–Kier alpha value is -2.13. The summed E-state index contributed by atoms with van der Waals surface area (Å²) in [7, 11) is -2.36. The first-order valence-electron chi connectivity index (χ1n) is 9.32. The van der Waals surface area contributed by atoms with Crippen LogP contribution >= 0.6 is 0 Å². The van der Waals surface area contributed by atoms with Crippen LogP contribution in [-0.2, 0) is 14.8 Å². The number of para-hydroxylation sites is 2. The molecule has 28 heavy (non-hydrogen) atoms. The monoisotopic (exact) mass is 407 g/mol. The fourth-order valence-corrected chi connectivity index (χ4v) is 4.87. The van der Waals surface area contributed by atoms with Gasteiger partial charge in [0.15, 0.2) is 0 Å². The quantitative estimate of drug-likeness (QED) is 0.652. The summed E-state index contributed by atoms with van der Waals surface area (Å²) in [4.78, 5) is 1.38. The van der Waals surface area contributed by atoms with Crippen LogP contribution < -0.4 is 13.9 Å². The molecule has 0 saturated carbocycles. The van der Waals surface area contributed by atoms with Crippen LogP contribution in [0.25, 0.3) is 0 Å². The van der Waals surface area contributed by atoms with Gasteiger partial charge in [0.05, 0.1) is 37.5 Å². The van der Waals surface area contributed by atoms with E-state index in [1.807, 2.05) is 0 Å². The van der Waals surface area contributed by atoms with Crippen molar-refractivity contribution < 1.29 is 27.9 Å². The maximum absolute atomic E-state index is 13.4. The van der Waals surface area contributed by atoms with Gasteiger partial charge in [-0.3, -0.25) is 4.31 Å². The lowest BCUT2D eigenvalue weighted by Gasteiger charge is -2.30. The SMILES string of the molecule is COc1ccccc1N(C[C@@H](O)C[NH+]1CCOCC1)S(=O)(=O)c1ccccc1. The molecular weight excluding hydrogens is 380 g/mol. The highest BCUT2D eigenvalue weighted by molar-refractivity contribution is 7.92. The van der Waals surface area contributed by atoms with Crippen LogP contribution in [0, 0.1) is 0 Å². The van der Waals surface area contributed by atoms with E-state index in [1.54, 1.807) is 54.6 Å². The Morgan fingerprint density at radius 2 is 1.75 bits per heavy atom. The van der Waals surface area contributed by atoms with Gasteiger partial charge in [0, 0.05) is 0 Å². The summed E-state index contributed by atoms with van der Waals surface area (Å²) in [5.41, 5.74) is 0.407. The standard InChI is InChI=1S/C20H26N2O5S/c1-26-20-10-6-5-9-19(20)22(28(24,25)18-7-3-2-4-8-18)16-17(23)15-21-11-13-27-14-12-21/h2-10,17,23H,11-16H2,1H3/p+1/t17-/m0/s1.